The number of hydrogen-bond donors (Lipinski definition) is 2. The van der Waals surface area contributed by atoms with Crippen molar-refractivity contribution in [3.05, 3.63) is 35.5 Å². The lowest BCUT2D eigenvalue weighted by Crippen LogP contribution is -2.49. The lowest BCUT2D eigenvalue weighted by Gasteiger charge is -2.17. The third kappa shape index (κ3) is 6.69. The van der Waals surface area contributed by atoms with E-state index in [2.05, 4.69) is 10.6 Å². The van der Waals surface area contributed by atoms with Crippen LogP contribution in [-0.2, 0) is 19.1 Å². The summed E-state index contributed by atoms with van der Waals surface area (Å²) in [4.78, 5) is 23.2. The highest BCUT2D eigenvalue weighted by atomic mass is 16.5. The maximum atomic E-state index is 12.1. The lowest BCUT2D eigenvalue weighted by atomic mass is 10.1. The normalized spacial score (nSPS) is 15.4. The Balaban J connectivity index is 2.55. The van der Waals surface area contributed by atoms with E-state index in [0.29, 0.717) is 13.2 Å². The molecule has 22 heavy (non-hydrogen) atoms. The number of amides is 2. The highest BCUT2D eigenvalue weighted by Crippen LogP contribution is 2.11. The van der Waals surface area contributed by atoms with Gasteiger partial charge in [-0.3, -0.25) is 9.59 Å². The molecule has 1 aliphatic carbocycles. The average Bonchev–Trinajstić information content (AvgIpc) is 2.70. The molecule has 0 bridgehead atoms. The molecule has 0 aromatic heterocycles. The van der Waals surface area contributed by atoms with Crippen LogP contribution >= 0.6 is 0 Å². The average molecular weight is 308 g/mol. The Kier molecular flexibility index (Phi) is 8.17. The summed E-state index contributed by atoms with van der Waals surface area (Å²) in [6, 6.07) is -0.677. The zero-order valence-corrected chi connectivity index (χ0v) is 13.3. The molecule has 2 amide bonds. The molecular weight excluding hydrogens is 284 g/mol. The van der Waals surface area contributed by atoms with Crippen LogP contribution in [-0.4, -0.2) is 51.8 Å². The van der Waals surface area contributed by atoms with Gasteiger partial charge in [-0.05, 0) is 17.6 Å². The van der Waals surface area contributed by atoms with E-state index in [9.17, 15) is 9.59 Å². The Bertz CT molecular complexity index is 481. The zero-order valence-electron chi connectivity index (χ0n) is 13.3. The van der Waals surface area contributed by atoms with Crippen LogP contribution in [0.25, 0.3) is 0 Å². The lowest BCUT2D eigenvalue weighted by molar-refractivity contribution is -0.129. The Morgan fingerprint density at radius 2 is 2.05 bits per heavy atom. The van der Waals surface area contributed by atoms with Gasteiger partial charge in [-0.15, -0.1) is 0 Å². The molecule has 0 aromatic rings. The van der Waals surface area contributed by atoms with Crippen molar-refractivity contribution in [2.24, 2.45) is 0 Å². The van der Waals surface area contributed by atoms with E-state index in [1.807, 2.05) is 24.3 Å². The molecule has 0 aromatic carbocycles. The molecule has 0 heterocycles. The summed E-state index contributed by atoms with van der Waals surface area (Å²) in [5.74, 6) is -0.520. The van der Waals surface area contributed by atoms with Crippen LogP contribution < -0.4 is 10.6 Å². The minimum absolute atomic E-state index is 0.141. The minimum Gasteiger partial charge on any atom is -0.382 e. The molecule has 2 N–H and O–H groups in total. The van der Waals surface area contributed by atoms with E-state index >= 15 is 0 Å². The first-order chi connectivity index (χ1) is 10.6. The molecule has 0 saturated heterocycles. The number of carbonyl (C=O) groups is 2. The molecule has 122 valence electrons. The standard InChI is InChI=1S/C16H24N2O4/c1-12(19)18-15(11-22-3)16(20)17-9-13-5-4-6-14(8-7-13)10-21-2/h4,6-8,15H,5,9-11H2,1-3H3,(H,17,20)(H,18,19). The van der Waals surface area contributed by atoms with Crippen LogP contribution in [0.3, 0.4) is 0 Å². The maximum absolute atomic E-state index is 12.1. The molecule has 1 atom stereocenters. The van der Waals surface area contributed by atoms with Crippen LogP contribution in [0.5, 0.6) is 0 Å². The van der Waals surface area contributed by atoms with Crippen molar-refractivity contribution in [3.8, 4) is 0 Å². The van der Waals surface area contributed by atoms with Gasteiger partial charge in [-0.1, -0.05) is 24.3 Å². The Morgan fingerprint density at radius 1 is 1.27 bits per heavy atom. The largest absolute Gasteiger partial charge is 0.382 e. The van der Waals surface area contributed by atoms with Gasteiger partial charge in [0.1, 0.15) is 6.04 Å². The molecule has 0 fully saturated rings. The number of rotatable bonds is 8. The van der Waals surface area contributed by atoms with Crippen molar-refractivity contribution >= 4 is 11.8 Å². The molecule has 1 aliphatic rings. The maximum Gasteiger partial charge on any atom is 0.245 e. The number of allylic oxidation sites excluding steroid dienone is 3. The first-order valence-corrected chi connectivity index (χ1v) is 7.14. The van der Waals surface area contributed by atoms with Gasteiger partial charge >= 0.3 is 0 Å². The minimum atomic E-state index is -0.677. The van der Waals surface area contributed by atoms with E-state index in [1.165, 1.54) is 14.0 Å². The predicted molar refractivity (Wildman–Crippen MR) is 84.3 cm³/mol. The first kappa shape index (κ1) is 18.1. The molecular formula is C16H24N2O4. The van der Waals surface area contributed by atoms with Gasteiger partial charge in [-0.2, -0.15) is 0 Å². The van der Waals surface area contributed by atoms with Gasteiger partial charge in [0.25, 0.3) is 0 Å². The smallest absolute Gasteiger partial charge is 0.245 e. The van der Waals surface area contributed by atoms with Gasteiger partial charge < -0.3 is 20.1 Å². The third-order valence-corrected chi connectivity index (χ3v) is 3.07. The van der Waals surface area contributed by atoms with Gasteiger partial charge in [0.15, 0.2) is 0 Å². The summed E-state index contributed by atoms with van der Waals surface area (Å²) >= 11 is 0. The van der Waals surface area contributed by atoms with Crippen molar-refractivity contribution in [1.29, 1.82) is 0 Å². The molecule has 6 heteroatoms. The molecule has 1 rings (SSSR count). The van der Waals surface area contributed by atoms with Gasteiger partial charge in [-0.25, -0.2) is 0 Å². The van der Waals surface area contributed by atoms with Crippen LogP contribution in [0.4, 0.5) is 0 Å². The first-order valence-electron chi connectivity index (χ1n) is 7.14. The summed E-state index contributed by atoms with van der Waals surface area (Å²) in [6.07, 6.45) is 8.78. The third-order valence-electron chi connectivity index (χ3n) is 3.07. The fraction of sp³-hybridized carbons (Fsp3) is 0.500. The van der Waals surface area contributed by atoms with Gasteiger partial charge in [0, 0.05) is 27.7 Å². The summed E-state index contributed by atoms with van der Waals surface area (Å²) in [5, 5.41) is 5.39. The fourth-order valence-corrected chi connectivity index (χ4v) is 2.02. The second-order valence-electron chi connectivity index (χ2n) is 5.03. The van der Waals surface area contributed by atoms with Crippen LogP contribution in [0.15, 0.2) is 35.5 Å². The second-order valence-corrected chi connectivity index (χ2v) is 5.03. The molecule has 0 aliphatic heterocycles. The molecule has 6 nitrogen and oxygen atoms in total. The van der Waals surface area contributed by atoms with Crippen molar-refractivity contribution < 1.29 is 19.1 Å². The topological polar surface area (TPSA) is 76.7 Å². The quantitative estimate of drug-likeness (QED) is 0.692. The van der Waals surface area contributed by atoms with Crippen molar-refractivity contribution in [2.45, 2.75) is 19.4 Å². The number of ether oxygens (including phenoxy) is 2. The molecule has 0 radical (unpaired) electrons. The summed E-state index contributed by atoms with van der Waals surface area (Å²) in [6.45, 7) is 2.50. The SMILES string of the molecule is COCC1=CC=C(CNC(=O)C(COC)NC(C)=O)CC=C1. The van der Waals surface area contributed by atoms with Crippen molar-refractivity contribution in [1.82, 2.24) is 10.6 Å². The van der Waals surface area contributed by atoms with E-state index in [-0.39, 0.29) is 18.4 Å². The number of hydrogen-bond acceptors (Lipinski definition) is 4. The number of carbonyl (C=O) groups excluding carboxylic acids is 2. The monoisotopic (exact) mass is 308 g/mol. The number of methoxy groups -OCH3 is 2. The van der Waals surface area contributed by atoms with E-state index in [4.69, 9.17) is 9.47 Å². The fourth-order valence-electron chi connectivity index (χ4n) is 2.02. The highest BCUT2D eigenvalue weighted by Gasteiger charge is 2.18. The molecule has 1 unspecified atom stereocenters. The Labute approximate surface area is 131 Å². The summed E-state index contributed by atoms with van der Waals surface area (Å²) in [7, 11) is 3.14. The van der Waals surface area contributed by atoms with E-state index < -0.39 is 6.04 Å². The van der Waals surface area contributed by atoms with E-state index in [1.54, 1.807) is 7.11 Å². The van der Waals surface area contributed by atoms with Gasteiger partial charge in [0.05, 0.1) is 13.2 Å². The van der Waals surface area contributed by atoms with Crippen molar-refractivity contribution in [2.75, 3.05) is 34.0 Å². The number of nitrogens with one attached hydrogen (secondary N) is 2. The Hall–Kier alpha value is -1.92. The summed E-state index contributed by atoms with van der Waals surface area (Å²) < 4.78 is 10.0. The second kappa shape index (κ2) is 9.92. The predicted octanol–water partition coefficient (Wildman–Crippen LogP) is 0.713. The summed E-state index contributed by atoms with van der Waals surface area (Å²) in [5.41, 5.74) is 2.16. The molecule has 0 spiro atoms. The van der Waals surface area contributed by atoms with Crippen LogP contribution in [0.1, 0.15) is 13.3 Å². The zero-order chi connectivity index (χ0) is 16.4. The van der Waals surface area contributed by atoms with Gasteiger partial charge in [0.2, 0.25) is 11.8 Å². The van der Waals surface area contributed by atoms with Crippen LogP contribution in [0, 0.1) is 0 Å². The van der Waals surface area contributed by atoms with Crippen LogP contribution in [0.2, 0.25) is 0 Å². The Morgan fingerprint density at radius 3 is 2.68 bits per heavy atom. The van der Waals surface area contributed by atoms with E-state index in [0.717, 1.165) is 17.6 Å². The van der Waals surface area contributed by atoms with Crippen molar-refractivity contribution in [3.63, 3.8) is 0 Å². The highest BCUT2D eigenvalue weighted by molar-refractivity contribution is 5.87. The molecule has 0 saturated carbocycles.